The zero-order valence-corrected chi connectivity index (χ0v) is 28.5. The second-order valence-corrected chi connectivity index (χ2v) is 14.6. The summed E-state index contributed by atoms with van der Waals surface area (Å²) >= 11 is 7.74. The topological polar surface area (TPSA) is 146 Å². The van der Waals surface area contributed by atoms with E-state index in [1.807, 2.05) is 13.8 Å². The maximum atomic E-state index is 14.1. The molecule has 14 heteroatoms. The number of anilines is 3. The third kappa shape index (κ3) is 9.68. The Morgan fingerprint density at radius 3 is 2.57 bits per heavy atom. The molecule has 1 atom stereocenters. The van der Waals surface area contributed by atoms with Crippen LogP contribution >= 0.6 is 23.4 Å². The summed E-state index contributed by atoms with van der Waals surface area (Å²) in [5, 5.41) is 15.4. The molecule has 46 heavy (non-hydrogen) atoms. The fourth-order valence-corrected chi connectivity index (χ4v) is 6.81. The van der Waals surface area contributed by atoms with Crippen LogP contribution < -0.4 is 31.3 Å². The highest BCUT2D eigenvalue weighted by Crippen LogP contribution is 2.41. The molecule has 1 heterocycles. The van der Waals surface area contributed by atoms with E-state index in [1.165, 1.54) is 13.3 Å². The lowest BCUT2D eigenvalue weighted by molar-refractivity contribution is -0.130. The Labute approximate surface area is 279 Å². The molecule has 0 aliphatic heterocycles. The lowest BCUT2D eigenvalue weighted by atomic mass is 9.83. The quantitative estimate of drug-likeness (QED) is 0.117. The van der Waals surface area contributed by atoms with Crippen LogP contribution in [0, 0.1) is 11.8 Å². The van der Waals surface area contributed by atoms with E-state index in [0.29, 0.717) is 58.7 Å². The van der Waals surface area contributed by atoms with Crippen molar-refractivity contribution in [1.29, 1.82) is 0 Å². The number of methoxy groups -OCH3 is 1. The standard InChI is InChI=1S/C32H45ClFN7O4S/c1-31(2,26(18-42)40-29(44)32(34)11-12-32)46-19-21-7-5-20(6-8-21)16-36-13-14-37-28(43)22-9-10-24(25(15-22)45-4)39-30-38-17-23(33)27(35-3)41-30/h9-10,15,17-18,20-21,26,36H,5-8,11-14,16,19H2,1-4H3,(H,37,43)(H,40,44)(H2,35,38,39,41)/t20-,21-,26-/m1/s1. The molecule has 0 radical (unpaired) electrons. The fourth-order valence-electron chi connectivity index (χ4n) is 5.34. The lowest BCUT2D eigenvalue weighted by Crippen LogP contribution is -2.51. The molecule has 2 saturated carbocycles. The van der Waals surface area contributed by atoms with Crippen molar-refractivity contribution in [2.24, 2.45) is 11.8 Å². The van der Waals surface area contributed by atoms with Crippen LogP contribution in [0.1, 0.15) is 62.7 Å². The van der Waals surface area contributed by atoms with E-state index in [9.17, 15) is 18.8 Å². The number of aromatic nitrogens is 2. The summed E-state index contributed by atoms with van der Waals surface area (Å²) < 4.78 is 19.0. The zero-order chi connectivity index (χ0) is 33.3. The summed E-state index contributed by atoms with van der Waals surface area (Å²) in [4.78, 5) is 45.1. The average Bonchev–Trinajstić information content (AvgIpc) is 3.82. The van der Waals surface area contributed by atoms with E-state index in [2.05, 4.69) is 36.6 Å². The number of alkyl halides is 1. The highest BCUT2D eigenvalue weighted by atomic mass is 35.5. The second-order valence-electron chi connectivity index (χ2n) is 12.5. The van der Waals surface area contributed by atoms with Gasteiger partial charge in [0.1, 0.15) is 22.9 Å². The largest absolute Gasteiger partial charge is 0.495 e. The summed E-state index contributed by atoms with van der Waals surface area (Å²) in [7, 11) is 3.25. The first kappa shape index (κ1) is 35.7. The molecule has 0 saturated heterocycles. The predicted octanol–water partition coefficient (Wildman–Crippen LogP) is 4.75. The van der Waals surface area contributed by atoms with Gasteiger partial charge in [0.15, 0.2) is 5.67 Å². The molecule has 2 amide bonds. The third-order valence-electron chi connectivity index (χ3n) is 8.64. The van der Waals surface area contributed by atoms with Crippen LogP contribution in [0.5, 0.6) is 5.75 Å². The van der Waals surface area contributed by atoms with Gasteiger partial charge >= 0.3 is 0 Å². The first-order valence-corrected chi connectivity index (χ1v) is 17.1. The van der Waals surface area contributed by atoms with Gasteiger partial charge in [-0.2, -0.15) is 16.7 Å². The van der Waals surface area contributed by atoms with Crippen LogP contribution in [0.25, 0.3) is 0 Å². The van der Waals surface area contributed by atoms with Gasteiger partial charge in [-0.15, -0.1) is 0 Å². The molecular formula is C32H45ClFN7O4S. The first-order chi connectivity index (χ1) is 22.0. The highest BCUT2D eigenvalue weighted by Gasteiger charge is 2.52. The van der Waals surface area contributed by atoms with Gasteiger partial charge in [0, 0.05) is 30.4 Å². The molecule has 2 fully saturated rings. The van der Waals surface area contributed by atoms with Gasteiger partial charge in [0.05, 0.1) is 25.0 Å². The summed E-state index contributed by atoms with van der Waals surface area (Å²) in [5.74, 6) is 2.46. The minimum Gasteiger partial charge on any atom is -0.495 e. The van der Waals surface area contributed by atoms with Crippen molar-refractivity contribution >= 4 is 58.9 Å². The maximum Gasteiger partial charge on any atom is 0.258 e. The number of ether oxygens (including phenoxy) is 1. The van der Waals surface area contributed by atoms with E-state index >= 15 is 0 Å². The van der Waals surface area contributed by atoms with Crippen LogP contribution in [0.15, 0.2) is 24.4 Å². The minimum absolute atomic E-state index is 0.194. The molecule has 2 aromatic rings. The number of carbonyl (C=O) groups excluding carboxylic acids is 3. The van der Waals surface area contributed by atoms with Gasteiger partial charge in [-0.1, -0.05) is 11.6 Å². The summed E-state index contributed by atoms with van der Waals surface area (Å²) in [6, 6.07) is 4.40. The Balaban J connectivity index is 1.12. The Kier molecular flexibility index (Phi) is 12.5. The lowest BCUT2D eigenvalue weighted by Gasteiger charge is -2.34. The summed E-state index contributed by atoms with van der Waals surface area (Å²) in [5.41, 5.74) is -0.696. The van der Waals surface area contributed by atoms with Crippen molar-refractivity contribution in [1.82, 2.24) is 25.9 Å². The molecule has 0 spiro atoms. The number of amides is 2. The van der Waals surface area contributed by atoms with Gasteiger partial charge in [-0.25, -0.2) is 9.37 Å². The number of nitrogens with one attached hydrogen (secondary N) is 5. The number of rotatable bonds is 17. The summed E-state index contributed by atoms with van der Waals surface area (Å²) in [6.07, 6.45) is 7.11. The van der Waals surface area contributed by atoms with Crippen LogP contribution in [0.2, 0.25) is 5.02 Å². The minimum atomic E-state index is -1.79. The zero-order valence-electron chi connectivity index (χ0n) is 26.9. The summed E-state index contributed by atoms with van der Waals surface area (Å²) in [6.45, 7) is 5.91. The molecular weight excluding hydrogens is 633 g/mol. The molecule has 0 unspecified atom stereocenters. The number of carbonyl (C=O) groups is 3. The monoisotopic (exact) mass is 677 g/mol. The third-order valence-corrected chi connectivity index (χ3v) is 10.5. The van der Waals surface area contributed by atoms with E-state index in [1.54, 1.807) is 37.0 Å². The van der Waals surface area contributed by atoms with Gasteiger partial charge in [-0.05, 0) is 94.7 Å². The van der Waals surface area contributed by atoms with Crippen LogP contribution in [-0.4, -0.2) is 84.1 Å². The second kappa shape index (κ2) is 16.1. The smallest absolute Gasteiger partial charge is 0.258 e. The number of hydrogen-bond acceptors (Lipinski definition) is 10. The SMILES string of the molecule is CNc1nc(Nc2ccc(C(=O)NCCNC[C@H]3CC[C@H](CSC(C)(C)[C@@H](C=O)NC(=O)C4(F)CC4)CC3)cc2OC)ncc1Cl. The molecule has 0 bridgehead atoms. The molecule has 11 nitrogen and oxygen atoms in total. The number of hydrogen-bond donors (Lipinski definition) is 5. The van der Waals surface area contributed by atoms with E-state index in [-0.39, 0.29) is 18.7 Å². The van der Waals surface area contributed by atoms with Gasteiger partial charge < -0.3 is 36.1 Å². The van der Waals surface area contributed by atoms with E-state index < -0.39 is 22.4 Å². The van der Waals surface area contributed by atoms with Crippen molar-refractivity contribution in [3.05, 3.63) is 35.0 Å². The molecule has 252 valence electrons. The van der Waals surface area contributed by atoms with Crippen LogP contribution in [-0.2, 0) is 9.59 Å². The van der Waals surface area contributed by atoms with Crippen molar-refractivity contribution < 1.29 is 23.5 Å². The van der Waals surface area contributed by atoms with Crippen molar-refractivity contribution in [2.45, 2.75) is 68.8 Å². The molecule has 1 aromatic heterocycles. The van der Waals surface area contributed by atoms with Gasteiger partial charge in [-0.3, -0.25) is 9.59 Å². The Hall–Kier alpha value is -3.16. The number of thioether (sulfide) groups is 1. The van der Waals surface area contributed by atoms with Gasteiger partial charge in [0.25, 0.3) is 11.8 Å². The first-order valence-electron chi connectivity index (χ1n) is 15.7. The number of benzene rings is 1. The molecule has 4 rings (SSSR count). The Morgan fingerprint density at radius 2 is 1.91 bits per heavy atom. The molecule has 2 aliphatic carbocycles. The average molecular weight is 678 g/mol. The Morgan fingerprint density at radius 1 is 1.20 bits per heavy atom. The predicted molar refractivity (Wildman–Crippen MR) is 181 cm³/mol. The molecule has 1 aromatic carbocycles. The van der Waals surface area contributed by atoms with Crippen LogP contribution in [0.4, 0.5) is 21.8 Å². The number of halogens is 2. The van der Waals surface area contributed by atoms with E-state index in [0.717, 1.165) is 44.3 Å². The number of nitrogens with zero attached hydrogens (tertiary/aromatic N) is 2. The molecule has 5 N–H and O–H groups in total. The van der Waals surface area contributed by atoms with Gasteiger partial charge in [0.2, 0.25) is 5.95 Å². The maximum absolute atomic E-state index is 14.1. The van der Waals surface area contributed by atoms with E-state index in [4.69, 9.17) is 16.3 Å². The van der Waals surface area contributed by atoms with Crippen molar-refractivity contribution in [3.8, 4) is 5.75 Å². The van der Waals surface area contributed by atoms with Crippen molar-refractivity contribution in [2.75, 3.05) is 50.2 Å². The highest BCUT2D eigenvalue weighted by molar-refractivity contribution is 8.00. The number of aldehydes is 1. The molecule has 2 aliphatic rings. The van der Waals surface area contributed by atoms with Crippen molar-refractivity contribution in [3.63, 3.8) is 0 Å². The normalized spacial score (nSPS) is 19.4. The Bertz CT molecular complexity index is 1370. The van der Waals surface area contributed by atoms with Crippen LogP contribution in [0.3, 0.4) is 0 Å². The fraction of sp³-hybridized carbons (Fsp3) is 0.594.